The highest BCUT2D eigenvalue weighted by Crippen LogP contribution is 2.42. The molecule has 9 heteroatoms. The summed E-state index contributed by atoms with van der Waals surface area (Å²) in [4.78, 5) is 35.6. The van der Waals surface area contributed by atoms with E-state index in [-0.39, 0.29) is 23.4 Å². The molecule has 0 bridgehead atoms. The summed E-state index contributed by atoms with van der Waals surface area (Å²) in [5, 5.41) is 10.8. The van der Waals surface area contributed by atoms with Crippen LogP contribution in [0.2, 0.25) is 0 Å². The van der Waals surface area contributed by atoms with Crippen LogP contribution in [-0.4, -0.2) is 34.9 Å². The number of nitrogens with zero attached hydrogens (tertiary/aromatic N) is 2. The molecule has 1 fully saturated rings. The minimum absolute atomic E-state index is 0.0434. The summed E-state index contributed by atoms with van der Waals surface area (Å²) < 4.78 is 27.0. The average molecular weight is 398 g/mol. The number of amides is 1. The number of fused-ring (bicyclic) bond motifs is 1. The van der Waals surface area contributed by atoms with Crippen molar-refractivity contribution in [2.75, 3.05) is 0 Å². The van der Waals surface area contributed by atoms with E-state index in [1.165, 1.54) is 6.08 Å². The van der Waals surface area contributed by atoms with E-state index in [4.69, 9.17) is 0 Å². The number of sulfonamides is 1. The summed E-state index contributed by atoms with van der Waals surface area (Å²) in [7, 11) is -4.38. The highest BCUT2D eigenvalue weighted by atomic mass is 32.2. The summed E-state index contributed by atoms with van der Waals surface area (Å²) in [5.41, 5.74) is -0.885. The SMILES string of the molecule is O=C1CCC2(C=Cc3ccccc3C2=O)N1S(=O)(=O)c1ccc([N+](=O)[O-])cc1. The topological polar surface area (TPSA) is 115 Å². The standard InChI is InChI=1S/C19H14N2O6S/c22-17-10-12-19(11-9-13-3-1-2-4-16(13)18(19)23)20(17)28(26,27)15-7-5-14(6-8-15)21(24)25/h1-9,11H,10,12H2. The second kappa shape index (κ2) is 6.10. The number of nitro groups is 1. The van der Waals surface area contributed by atoms with Gasteiger partial charge in [-0.2, -0.15) is 0 Å². The average Bonchev–Trinajstić information content (AvgIpc) is 3.03. The van der Waals surface area contributed by atoms with E-state index in [1.54, 1.807) is 30.3 Å². The Bertz CT molecular complexity index is 1150. The smallest absolute Gasteiger partial charge is 0.269 e. The van der Waals surface area contributed by atoms with Gasteiger partial charge in [0.25, 0.3) is 15.7 Å². The van der Waals surface area contributed by atoms with E-state index < -0.39 is 32.2 Å². The predicted molar refractivity (Wildman–Crippen MR) is 98.9 cm³/mol. The molecule has 4 rings (SSSR count). The molecular formula is C19H14N2O6S. The number of nitro benzene ring substituents is 1. The number of carbonyl (C=O) groups excluding carboxylic acids is 2. The number of ketones is 1. The number of hydrogen-bond acceptors (Lipinski definition) is 6. The molecule has 2 aromatic rings. The maximum absolute atomic E-state index is 13.2. The van der Waals surface area contributed by atoms with Crippen molar-refractivity contribution in [1.82, 2.24) is 4.31 Å². The monoisotopic (exact) mass is 398 g/mol. The molecule has 1 aliphatic carbocycles. The van der Waals surface area contributed by atoms with Crippen LogP contribution in [0.25, 0.3) is 6.08 Å². The second-order valence-electron chi connectivity index (χ2n) is 6.59. The molecule has 142 valence electrons. The highest BCUT2D eigenvalue weighted by Gasteiger charge is 2.56. The zero-order chi connectivity index (χ0) is 20.1. The van der Waals surface area contributed by atoms with E-state index in [0.717, 1.165) is 24.3 Å². The van der Waals surface area contributed by atoms with Gasteiger partial charge in [0.2, 0.25) is 5.91 Å². The van der Waals surface area contributed by atoms with Crippen molar-refractivity contribution in [2.24, 2.45) is 0 Å². The number of hydrogen-bond donors (Lipinski definition) is 0. The third-order valence-corrected chi connectivity index (χ3v) is 6.91. The number of rotatable bonds is 3. The van der Waals surface area contributed by atoms with Crippen molar-refractivity contribution in [3.63, 3.8) is 0 Å². The predicted octanol–water partition coefficient (Wildman–Crippen LogP) is 2.55. The van der Waals surface area contributed by atoms with E-state index >= 15 is 0 Å². The first-order chi connectivity index (χ1) is 13.3. The molecule has 1 saturated heterocycles. The molecule has 1 heterocycles. The van der Waals surface area contributed by atoms with Crippen LogP contribution >= 0.6 is 0 Å². The van der Waals surface area contributed by atoms with Gasteiger partial charge in [0, 0.05) is 24.1 Å². The zero-order valence-corrected chi connectivity index (χ0v) is 15.3. The molecule has 0 N–H and O–H groups in total. The van der Waals surface area contributed by atoms with Crippen LogP contribution in [0.5, 0.6) is 0 Å². The molecular weight excluding hydrogens is 384 g/mol. The van der Waals surface area contributed by atoms with Crippen LogP contribution in [-0.2, 0) is 14.8 Å². The lowest BCUT2D eigenvalue weighted by molar-refractivity contribution is -0.384. The fourth-order valence-corrected chi connectivity index (χ4v) is 5.37. The summed E-state index contributed by atoms with van der Waals surface area (Å²) in [5.74, 6) is -1.14. The van der Waals surface area contributed by atoms with Crippen molar-refractivity contribution >= 4 is 33.5 Å². The summed E-state index contributed by atoms with van der Waals surface area (Å²) in [6.07, 6.45) is 3.06. The van der Waals surface area contributed by atoms with Crippen LogP contribution in [0.1, 0.15) is 28.8 Å². The molecule has 1 atom stereocenters. The van der Waals surface area contributed by atoms with Gasteiger partial charge in [-0.25, -0.2) is 12.7 Å². The molecule has 28 heavy (non-hydrogen) atoms. The Morgan fingerprint density at radius 2 is 1.71 bits per heavy atom. The fraction of sp³-hybridized carbons (Fsp3) is 0.158. The van der Waals surface area contributed by atoms with Gasteiger partial charge in [-0.15, -0.1) is 0 Å². The van der Waals surface area contributed by atoms with Crippen molar-refractivity contribution in [3.8, 4) is 0 Å². The lowest BCUT2D eigenvalue weighted by Crippen LogP contribution is -2.54. The first-order valence-corrected chi connectivity index (χ1v) is 9.87. The van der Waals surface area contributed by atoms with Gasteiger partial charge in [-0.3, -0.25) is 19.7 Å². The van der Waals surface area contributed by atoms with E-state index in [2.05, 4.69) is 0 Å². The fourth-order valence-electron chi connectivity index (χ4n) is 3.66. The Balaban J connectivity index is 1.83. The van der Waals surface area contributed by atoms with Gasteiger partial charge in [0.05, 0.1) is 9.82 Å². The Hall–Kier alpha value is -3.33. The molecule has 0 saturated carbocycles. The minimum Gasteiger partial charge on any atom is -0.291 e. The first-order valence-electron chi connectivity index (χ1n) is 8.43. The number of carbonyl (C=O) groups is 2. The number of Topliss-reactive ketones (excluding diaryl/α,β-unsaturated/α-hetero) is 1. The molecule has 8 nitrogen and oxygen atoms in total. The molecule has 1 amide bonds. The van der Waals surface area contributed by atoms with Gasteiger partial charge in [-0.05, 0) is 30.2 Å². The van der Waals surface area contributed by atoms with Crippen LogP contribution in [0.4, 0.5) is 5.69 Å². The van der Waals surface area contributed by atoms with Crippen molar-refractivity contribution < 1.29 is 22.9 Å². The maximum atomic E-state index is 13.2. The van der Waals surface area contributed by atoms with Crippen LogP contribution in [0.15, 0.2) is 59.5 Å². The number of benzene rings is 2. The Kier molecular flexibility index (Phi) is 3.93. The minimum atomic E-state index is -4.38. The lowest BCUT2D eigenvalue weighted by Gasteiger charge is -2.36. The Morgan fingerprint density at radius 1 is 1.04 bits per heavy atom. The molecule has 1 unspecified atom stereocenters. The third kappa shape index (κ3) is 2.47. The lowest BCUT2D eigenvalue weighted by atomic mass is 9.81. The van der Waals surface area contributed by atoms with Crippen molar-refractivity contribution in [2.45, 2.75) is 23.3 Å². The van der Waals surface area contributed by atoms with Gasteiger partial charge in [0.15, 0.2) is 5.78 Å². The highest BCUT2D eigenvalue weighted by molar-refractivity contribution is 7.89. The quantitative estimate of drug-likeness (QED) is 0.580. The Labute approximate surface area is 160 Å². The van der Waals surface area contributed by atoms with E-state index in [9.17, 15) is 28.1 Å². The summed E-state index contributed by atoms with van der Waals surface area (Å²) in [6.45, 7) is 0. The molecule has 1 aliphatic heterocycles. The van der Waals surface area contributed by atoms with Crippen LogP contribution < -0.4 is 0 Å². The van der Waals surface area contributed by atoms with Gasteiger partial charge in [0.1, 0.15) is 5.54 Å². The zero-order valence-electron chi connectivity index (χ0n) is 14.4. The van der Waals surface area contributed by atoms with Gasteiger partial charge < -0.3 is 0 Å². The Morgan fingerprint density at radius 3 is 2.39 bits per heavy atom. The summed E-state index contributed by atoms with van der Waals surface area (Å²) in [6, 6.07) is 11.0. The molecule has 1 spiro atoms. The molecule has 2 aliphatic rings. The molecule has 0 radical (unpaired) electrons. The van der Waals surface area contributed by atoms with Crippen LogP contribution in [0.3, 0.4) is 0 Å². The van der Waals surface area contributed by atoms with Gasteiger partial charge in [-0.1, -0.05) is 30.3 Å². The van der Waals surface area contributed by atoms with Gasteiger partial charge >= 0.3 is 0 Å². The maximum Gasteiger partial charge on any atom is 0.269 e. The molecule has 2 aromatic carbocycles. The summed E-state index contributed by atoms with van der Waals surface area (Å²) >= 11 is 0. The van der Waals surface area contributed by atoms with Crippen molar-refractivity contribution in [3.05, 3.63) is 75.8 Å². The van der Waals surface area contributed by atoms with E-state index in [0.29, 0.717) is 15.4 Å². The second-order valence-corrected chi connectivity index (χ2v) is 8.37. The number of non-ortho nitro benzene ring substituents is 1. The largest absolute Gasteiger partial charge is 0.291 e. The van der Waals surface area contributed by atoms with E-state index in [1.807, 2.05) is 0 Å². The normalized spacial score (nSPS) is 21.2. The first kappa shape index (κ1) is 18.1. The molecule has 0 aromatic heterocycles. The van der Waals surface area contributed by atoms with Crippen molar-refractivity contribution in [1.29, 1.82) is 0 Å². The van der Waals surface area contributed by atoms with Crippen LogP contribution in [0, 0.1) is 10.1 Å². The third-order valence-electron chi connectivity index (χ3n) is 5.03.